The molecule has 0 spiro atoms. The highest BCUT2D eigenvalue weighted by Crippen LogP contribution is 2.39. The van der Waals surface area contributed by atoms with E-state index in [9.17, 15) is 37.2 Å². The number of carbonyl (C=O) groups excluding carboxylic acids is 6. The Morgan fingerprint density at radius 3 is 2.32 bits per heavy atom. The third-order valence-electron chi connectivity index (χ3n) is 8.75. The van der Waals surface area contributed by atoms with Gasteiger partial charge in [-0.1, -0.05) is 30.0 Å². The maximum Gasteiger partial charge on any atom is 0.265 e. The highest BCUT2D eigenvalue weighted by Gasteiger charge is 2.27. The fourth-order valence-corrected chi connectivity index (χ4v) is 7.31. The molecule has 5 amide bonds. The van der Waals surface area contributed by atoms with Crippen molar-refractivity contribution in [3.8, 4) is 0 Å². The Kier molecular flexibility index (Phi) is 18.0. The first kappa shape index (κ1) is 45.7. The molecule has 3 rings (SSSR count). The van der Waals surface area contributed by atoms with Crippen molar-refractivity contribution in [2.45, 2.75) is 51.1 Å². The number of benzene rings is 1. The molecule has 1 heterocycles. The molecule has 1 aliphatic carbocycles. The molecule has 0 bridgehead atoms. The van der Waals surface area contributed by atoms with Gasteiger partial charge in [-0.3, -0.25) is 38.2 Å². The molecule has 0 saturated heterocycles. The predicted octanol–water partition coefficient (Wildman–Crippen LogP) is 0.408. The number of likely N-dealkylation sites (N-methyl/N-ethyl adjacent to an activating group) is 1. The second kappa shape index (κ2) is 22.1. The lowest BCUT2D eigenvalue weighted by molar-refractivity contribution is -0.131. The summed E-state index contributed by atoms with van der Waals surface area (Å²) in [4.78, 5) is 80.0. The van der Waals surface area contributed by atoms with E-state index in [1.54, 1.807) is 0 Å². The van der Waals surface area contributed by atoms with Crippen molar-refractivity contribution in [3.05, 3.63) is 53.3 Å². The van der Waals surface area contributed by atoms with Gasteiger partial charge in [0.2, 0.25) is 34.7 Å². The number of allylic oxidation sites excluding steroid dienone is 1. The van der Waals surface area contributed by atoms with Crippen LogP contribution < -0.4 is 36.4 Å². The fourth-order valence-electron chi connectivity index (χ4n) is 5.74. The first-order chi connectivity index (χ1) is 26.4. The maximum atomic E-state index is 12.9. The molecule has 1 unspecified atom stereocenters. The van der Waals surface area contributed by atoms with Crippen LogP contribution in [-0.4, -0.2) is 137 Å². The van der Waals surface area contributed by atoms with Crippen LogP contribution in [0.15, 0.2) is 47.7 Å². The monoisotopic (exact) mass is 818 g/mol. The number of rotatable bonds is 22. The topological polar surface area (TPSA) is 227 Å². The number of hydrogen-bond donors (Lipinski definition) is 6. The summed E-state index contributed by atoms with van der Waals surface area (Å²) in [5.41, 5.74) is 5.51. The molecule has 19 heteroatoms. The lowest BCUT2D eigenvalue weighted by atomic mass is 9.93. The molecule has 17 nitrogen and oxygen atoms in total. The van der Waals surface area contributed by atoms with Crippen LogP contribution in [0.25, 0.3) is 6.08 Å². The second-order valence-electron chi connectivity index (χ2n) is 13.7. The molecule has 0 saturated carbocycles. The summed E-state index contributed by atoms with van der Waals surface area (Å²) in [7, 11) is 3.86. The van der Waals surface area contributed by atoms with Crippen molar-refractivity contribution in [1.82, 2.24) is 31.5 Å². The Labute approximate surface area is 332 Å². The lowest BCUT2D eigenvalue weighted by Gasteiger charge is -2.37. The van der Waals surface area contributed by atoms with Gasteiger partial charge in [0, 0.05) is 63.7 Å². The molecule has 6 N–H and O–H groups in total. The molecular formula is C37H54N8O9S2. The van der Waals surface area contributed by atoms with Gasteiger partial charge in [0.15, 0.2) is 0 Å². The smallest absolute Gasteiger partial charge is 0.265 e. The van der Waals surface area contributed by atoms with E-state index in [4.69, 9.17) is 4.55 Å². The minimum absolute atomic E-state index is 0.108. The summed E-state index contributed by atoms with van der Waals surface area (Å²) in [5, 5.41) is 12.0. The Morgan fingerprint density at radius 2 is 1.64 bits per heavy atom. The van der Waals surface area contributed by atoms with Crippen molar-refractivity contribution in [2.75, 3.05) is 82.2 Å². The minimum atomic E-state index is -4.22. The van der Waals surface area contributed by atoms with E-state index < -0.39 is 63.7 Å². The third kappa shape index (κ3) is 15.8. The Hall–Kier alpha value is -4.72. The molecule has 0 aromatic heterocycles. The zero-order valence-electron chi connectivity index (χ0n) is 32.6. The molecule has 56 heavy (non-hydrogen) atoms. The van der Waals surface area contributed by atoms with Crippen LogP contribution in [0.1, 0.15) is 44.6 Å². The van der Waals surface area contributed by atoms with Crippen LogP contribution >= 0.6 is 11.8 Å². The second-order valence-corrected chi connectivity index (χ2v) is 16.5. The third-order valence-corrected chi connectivity index (χ3v) is 10.6. The maximum absolute atomic E-state index is 12.9. The SMILES string of the molecule is CC(=O)NCC(=O)N[C@@H](CCCCNC(=O)CCCN1C2=CC(N(C)C)C=CC2=Cc2ccc(N(C)C)cc21)C(=O)NCC(=O)NCC(=O)SCCS(=O)(=O)O. The Morgan fingerprint density at radius 1 is 0.911 bits per heavy atom. The summed E-state index contributed by atoms with van der Waals surface area (Å²) in [6, 6.07) is 5.47. The Balaban J connectivity index is 1.48. The van der Waals surface area contributed by atoms with Crippen molar-refractivity contribution in [2.24, 2.45) is 0 Å². The average Bonchev–Trinajstić information content (AvgIpc) is 3.13. The van der Waals surface area contributed by atoms with E-state index in [0.717, 1.165) is 28.2 Å². The van der Waals surface area contributed by atoms with Gasteiger partial charge in [-0.15, -0.1) is 0 Å². The largest absolute Gasteiger partial charge is 0.378 e. The summed E-state index contributed by atoms with van der Waals surface area (Å²) in [5.74, 6) is -3.31. The van der Waals surface area contributed by atoms with Gasteiger partial charge in [-0.2, -0.15) is 8.42 Å². The van der Waals surface area contributed by atoms with E-state index in [1.807, 2.05) is 28.2 Å². The van der Waals surface area contributed by atoms with Crippen LogP contribution in [-0.2, 0) is 38.9 Å². The molecule has 1 aromatic carbocycles. The summed E-state index contributed by atoms with van der Waals surface area (Å²) in [6.07, 6.45) is 10.8. The zero-order chi connectivity index (χ0) is 41.4. The van der Waals surface area contributed by atoms with E-state index >= 15 is 0 Å². The van der Waals surface area contributed by atoms with Crippen LogP contribution in [0.3, 0.4) is 0 Å². The highest BCUT2D eigenvalue weighted by atomic mass is 32.2. The molecule has 1 aromatic rings. The predicted molar refractivity (Wildman–Crippen MR) is 217 cm³/mol. The summed E-state index contributed by atoms with van der Waals surface area (Å²) < 4.78 is 30.3. The van der Waals surface area contributed by atoms with Crippen LogP contribution in [0.5, 0.6) is 0 Å². The van der Waals surface area contributed by atoms with Crippen LogP contribution in [0.4, 0.5) is 11.4 Å². The average molecular weight is 819 g/mol. The first-order valence-electron chi connectivity index (χ1n) is 18.3. The highest BCUT2D eigenvalue weighted by molar-refractivity contribution is 8.14. The van der Waals surface area contributed by atoms with Gasteiger partial charge < -0.3 is 36.4 Å². The van der Waals surface area contributed by atoms with Crippen molar-refractivity contribution in [1.29, 1.82) is 0 Å². The van der Waals surface area contributed by atoms with E-state index in [2.05, 4.69) is 83.8 Å². The zero-order valence-corrected chi connectivity index (χ0v) is 34.2. The lowest BCUT2D eigenvalue weighted by Crippen LogP contribution is -2.51. The molecule has 0 fully saturated rings. The van der Waals surface area contributed by atoms with E-state index in [0.29, 0.717) is 50.5 Å². The number of anilines is 2. The molecular weight excluding hydrogens is 765 g/mol. The van der Waals surface area contributed by atoms with E-state index in [1.165, 1.54) is 6.92 Å². The molecule has 2 atom stereocenters. The van der Waals surface area contributed by atoms with Crippen LogP contribution in [0, 0.1) is 0 Å². The molecule has 0 radical (unpaired) electrons. The number of amides is 5. The van der Waals surface area contributed by atoms with Gasteiger partial charge in [-0.25, -0.2) is 0 Å². The van der Waals surface area contributed by atoms with Gasteiger partial charge in [-0.05, 0) is 75.2 Å². The number of hydrogen-bond acceptors (Lipinski definition) is 12. The molecule has 308 valence electrons. The van der Waals surface area contributed by atoms with Gasteiger partial charge in [0.05, 0.1) is 31.1 Å². The number of thioether (sulfide) groups is 1. The number of unbranched alkanes of at least 4 members (excludes halogenated alkanes) is 1. The number of nitrogens with one attached hydrogen (secondary N) is 5. The van der Waals surface area contributed by atoms with Gasteiger partial charge in [0.25, 0.3) is 10.1 Å². The normalized spacial score (nSPS) is 15.1. The van der Waals surface area contributed by atoms with Gasteiger partial charge in [0.1, 0.15) is 6.04 Å². The standard InChI is InChI=1S/C37H54N8O9S2/c1-25(46)39-23-35(49)42-30(37(51)41-22-34(48)40-24-36(50)55-17-18-56(52,53)54)9-6-7-15-38-33(47)10-8-16-45-31-20-28(43(2)3)13-11-26(31)19-27-12-14-29(44(4)5)21-32(27)45/h11-14,19-21,28,30H,6-10,15-18,22-24H2,1-5H3,(H,38,47)(H,39,46)(H,40,48)(H,41,51)(H,42,49)(H,52,53,54)/t28?,30-/m0/s1. The summed E-state index contributed by atoms with van der Waals surface area (Å²) >= 11 is 0.621. The molecule has 2 aliphatic rings. The quantitative estimate of drug-likeness (QED) is 0.0690. The Bertz CT molecular complexity index is 1810. The number of fused-ring (bicyclic) bond motifs is 2. The van der Waals surface area contributed by atoms with Gasteiger partial charge >= 0.3 is 0 Å². The van der Waals surface area contributed by atoms with Crippen LogP contribution in [0.2, 0.25) is 0 Å². The number of nitrogens with zero attached hydrogens (tertiary/aromatic N) is 3. The first-order valence-corrected chi connectivity index (χ1v) is 20.9. The van der Waals surface area contributed by atoms with Crippen molar-refractivity contribution < 1.29 is 41.7 Å². The fraction of sp³-hybridized carbons (Fsp3) is 0.514. The summed E-state index contributed by atoms with van der Waals surface area (Å²) in [6.45, 7) is 0.940. The van der Waals surface area contributed by atoms with Crippen molar-refractivity contribution in [3.63, 3.8) is 0 Å². The molecule has 1 aliphatic heterocycles. The van der Waals surface area contributed by atoms with Crippen molar-refractivity contribution >= 4 is 74.0 Å². The minimum Gasteiger partial charge on any atom is -0.378 e. The number of carbonyl (C=O) groups is 6. The van der Waals surface area contributed by atoms with E-state index in [-0.39, 0.29) is 30.7 Å².